The fourth-order valence-electron chi connectivity index (χ4n) is 5.46. The number of imidazole rings is 1. The Morgan fingerprint density at radius 2 is 1.62 bits per heavy atom. The van der Waals surface area contributed by atoms with E-state index in [0.29, 0.717) is 36.1 Å². The zero-order valence-corrected chi connectivity index (χ0v) is 23.2. The summed E-state index contributed by atoms with van der Waals surface area (Å²) >= 11 is 0. The van der Waals surface area contributed by atoms with Crippen LogP contribution < -0.4 is 10.1 Å². The van der Waals surface area contributed by atoms with Gasteiger partial charge in [-0.05, 0) is 91.0 Å². The summed E-state index contributed by atoms with van der Waals surface area (Å²) in [6, 6.07) is 17.7. The van der Waals surface area contributed by atoms with Gasteiger partial charge < -0.3 is 19.2 Å². The molecule has 5 rings (SSSR count). The third-order valence-corrected chi connectivity index (χ3v) is 7.62. The van der Waals surface area contributed by atoms with Gasteiger partial charge in [-0.25, -0.2) is 4.98 Å². The first-order valence-electron chi connectivity index (χ1n) is 14.0. The Hall–Kier alpha value is -4.34. The summed E-state index contributed by atoms with van der Waals surface area (Å²) in [4.78, 5) is 28.9. The lowest BCUT2D eigenvalue weighted by Gasteiger charge is -2.28. The topological polar surface area (TPSA) is 81.9 Å². The molecule has 0 bridgehead atoms. The number of carbonyl (C=O) groups excluding carboxylic acids is 2. The smallest absolute Gasteiger partial charge is 0.466 e. The highest BCUT2D eigenvalue weighted by atomic mass is 19.4. The number of aromatic nitrogens is 2. The van der Waals surface area contributed by atoms with Crippen molar-refractivity contribution in [3.63, 3.8) is 0 Å². The molecule has 1 N–H and O–H groups in total. The molecule has 0 saturated heterocycles. The van der Waals surface area contributed by atoms with Gasteiger partial charge >= 0.3 is 12.3 Å². The van der Waals surface area contributed by atoms with Crippen LogP contribution in [-0.2, 0) is 16.1 Å². The zero-order valence-electron chi connectivity index (χ0n) is 23.2. The molecule has 0 unspecified atom stereocenters. The van der Waals surface area contributed by atoms with Crippen molar-refractivity contribution in [2.45, 2.75) is 57.9 Å². The van der Waals surface area contributed by atoms with Crippen LogP contribution >= 0.6 is 0 Å². The monoisotopic (exact) mass is 579 g/mol. The number of alkyl halides is 3. The fourth-order valence-corrected chi connectivity index (χ4v) is 5.46. The quantitative estimate of drug-likeness (QED) is 0.215. The number of pyridine rings is 1. The summed E-state index contributed by atoms with van der Waals surface area (Å²) in [5, 5.41) is 2.74. The Kier molecular flexibility index (Phi) is 8.80. The molecule has 0 aliphatic heterocycles. The van der Waals surface area contributed by atoms with E-state index in [0.717, 1.165) is 36.8 Å². The van der Waals surface area contributed by atoms with Crippen LogP contribution in [-0.4, -0.2) is 34.2 Å². The summed E-state index contributed by atoms with van der Waals surface area (Å²) < 4.78 is 47.8. The fraction of sp³-hybridized carbons (Fsp3) is 0.344. The van der Waals surface area contributed by atoms with Gasteiger partial charge in [0.15, 0.2) is 0 Å². The van der Waals surface area contributed by atoms with Crippen LogP contribution in [0.25, 0.3) is 16.8 Å². The van der Waals surface area contributed by atoms with E-state index in [1.165, 1.54) is 29.8 Å². The highest BCUT2D eigenvalue weighted by molar-refractivity contribution is 5.92. The van der Waals surface area contributed by atoms with Crippen molar-refractivity contribution in [1.82, 2.24) is 14.7 Å². The highest BCUT2D eigenvalue weighted by Crippen LogP contribution is 2.38. The number of rotatable bonds is 9. The highest BCUT2D eigenvalue weighted by Gasteiger charge is 2.31. The largest absolute Gasteiger partial charge is 0.573 e. The van der Waals surface area contributed by atoms with E-state index in [4.69, 9.17) is 4.74 Å². The molecule has 4 aromatic rings. The molecule has 1 amide bonds. The minimum Gasteiger partial charge on any atom is -0.466 e. The van der Waals surface area contributed by atoms with Crippen LogP contribution in [0.3, 0.4) is 0 Å². The Balaban J connectivity index is 1.17. The number of benzene rings is 2. The van der Waals surface area contributed by atoms with Gasteiger partial charge in [-0.1, -0.05) is 36.4 Å². The Labute approximate surface area is 241 Å². The molecule has 220 valence electrons. The van der Waals surface area contributed by atoms with Gasteiger partial charge in [0.25, 0.3) is 5.91 Å². The van der Waals surface area contributed by atoms with Crippen molar-refractivity contribution in [2.75, 3.05) is 6.61 Å². The molecular formula is C32H32F3N3O4. The van der Waals surface area contributed by atoms with Crippen LogP contribution in [0.2, 0.25) is 0 Å². The van der Waals surface area contributed by atoms with Crippen molar-refractivity contribution >= 4 is 17.5 Å². The normalized spacial score (nSPS) is 17.1. The number of nitrogens with zero attached hydrogens (tertiary/aromatic N) is 2. The predicted molar refractivity (Wildman–Crippen MR) is 151 cm³/mol. The van der Waals surface area contributed by atoms with Gasteiger partial charge in [-0.15, -0.1) is 13.2 Å². The van der Waals surface area contributed by atoms with E-state index < -0.39 is 12.3 Å². The Bertz CT molecular complexity index is 1520. The molecule has 7 nitrogen and oxygen atoms in total. The van der Waals surface area contributed by atoms with Crippen molar-refractivity contribution in [2.24, 2.45) is 5.92 Å². The number of ether oxygens (including phenoxy) is 2. The third kappa shape index (κ3) is 7.48. The van der Waals surface area contributed by atoms with Crippen LogP contribution in [0, 0.1) is 5.92 Å². The lowest BCUT2D eigenvalue weighted by atomic mass is 9.77. The number of hydrogen-bond acceptors (Lipinski definition) is 5. The molecule has 1 aliphatic carbocycles. The van der Waals surface area contributed by atoms with E-state index in [9.17, 15) is 22.8 Å². The standard InChI is InChI=1S/C32H32F3N3O4/c1-2-41-30(39)17-21-3-7-23(8-4-21)24-9-11-25(12-10-24)26-13-16-29-37-28(20-38(29)19-26)31(40)36-18-22-5-14-27(15-6-22)42-32(33,34)35/h5-6,9-16,19-21,23H,2-4,7-8,17-18H2,1H3,(H,36,40)/t21-,23-. The number of hydrogen-bond donors (Lipinski definition) is 1. The summed E-state index contributed by atoms with van der Waals surface area (Å²) in [7, 11) is 0. The van der Waals surface area contributed by atoms with Gasteiger partial charge in [0, 0.05) is 25.4 Å². The summed E-state index contributed by atoms with van der Waals surface area (Å²) in [6.07, 6.45) is 3.52. The van der Waals surface area contributed by atoms with E-state index in [1.807, 2.05) is 25.3 Å². The van der Waals surface area contributed by atoms with Crippen molar-refractivity contribution in [1.29, 1.82) is 0 Å². The van der Waals surface area contributed by atoms with Crippen molar-refractivity contribution in [3.8, 4) is 16.9 Å². The van der Waals surface area contributed by atoms with Crippen LogP contribution in [0.1, 0.15) is 66.6 Å². The van der Waals surface area contributed by atoms with Gasteiger partial charge in [0.2, 0.25) is 0 Å². The lowest BCUT2D eigenvalue weighted by molar-refractivity contribution is -0.274. The minimum absolute atomic E-state index is 0.0972. The first-order chi connectivity index (χ1) is 20.2. The van der Waals surface area contributed by atoms with Crippen molar-refractivity contribution in [3.05, 3.63) is 89.9 Å². The van der Waals surface area contributed by atoms with E-state index in [-0.39, 0.29) is 24.0 Å². The number of carbonyl (C=O) groups is 2. The average molecular weight is 580 g/mol. The molecule has 2 aromatic heterocycles. The number of halogens is 3. The molecule has 1 aliphatic rings. The summed E-state index contributed by atoms with van der Waals surface area (Å²) in [5.41, 5.74) is 4.81. The van der Waals surface area contributed by atoms with Gasteiger partial charge in [0.05, 0.1) is 6.61 Å². The number of nitrogens with one attached hydrogen (secondary N) is 1. The minimum atomic E-state index is -4.75. The molecule has 2 heterocycles. The maximum absolute atomic E-state index is 12.7. The second-order valence-electron chi connectivity index (χ2n) is 10.5. The van der Waals surface area contributed by atoms with E-state index >= 15 is 0 Å². The third-order valence-electron chi connectivity index (χ3n) is 7.62. The predicted octanol–water partition coefficient (Wildman–Crippen LogP) is 7.06. The van der Waals surface area contributed by atoms with Gasteiger partial charge in [0.1, 0.15) is 17.1 Å². The Morgan fingerprint density at radius 3 is 2.29 bits per heavy atom. The van der Waals surface area contributed by atoms with E-state index in [1.54, 1.807) is 10.6 Å². The number of fused-ring (bicyclic) bond motifs is 1. The van der Waals surface area contributed by atoms with Gasteiger partial charge in [-0.2, -0.15) is 0 Å². The molecule has 42 heavy (non-hydrogen) atoms. The van der Waals surface area contributed by atoms with Crippen LogP contribution in [0.15, 0.2) is 73.1 Å². The molecule has 0 radical (unpaired) electrons. The summed E-state index contributed by atoms with van der Waals surface area (Å²) in [5.74, 6) is 0.0816. The van der Waals surface area contributed by atoms with Gasteiger partial charge in [-0.3, -0.25) is 9.59 Å². The average Bonchev–Trinajstić information content (AvgIpc) is 3.40. The maximum Gasteiger partial charge on any atom is 0.573 e. The maximum atomic E-state index is 12.7. The SMILES string of the molecule is CCOC(=O)C[C@H]1CC[C@H](c2ccc(-c3ccc4nc(C(=O)NCc5ccc(OC(F)(F)F)cc5)cn4c3)cc2)CC1. The second kappa shape index (κ2) is 12.7. The first kappa shape index (κ1) is 29.2. The van der Waals surface area contributed by atoms with E-state index in [2.05, 4.69) is 39.3 Å². The number of esters is 1. The Morgan fingerprint density at radius 1 is 0.929 bits per heavy atom. The molecular weight excluding hydrogens is 547 g/mol. The molecule has 0 spiro atoms. The van der Waals surface area contributed by atoms with Crippen molar-refractivity contribution < 1.29 is 32.2 Å². The lowest BCUT2D eigenvalue weighted by Crippen LogP contribution is -2.23. The zero-order chi connectivity index (χ0) is 29.7. The number of amides is 1. The second-order valence-corrected chi connectivity index (χ2v) is 10.5. The molecule has 0 atom stereocenters. The summed E-state index contributed by atoms with van der Waals surface area (Å²) in [6.45, 7) is 2.39. The molecule has 2 aromatic carbocycles. The molecule has 1 saturated carbocycles. The molecule has 10 heteroatoms. The van der Waals surface area contributed by atoms with Crippen LogP contribution in [0.4, 0.5) is 13.2 Å². The van der Waals surface area contributed by atoms with Crippen LogP contribution in [0.5, 0.6) is 5.75 Å². The molecule has 1 fully saturated rings. The first-order valence-corrected chi connectivity index (χ1v) is 14.0.